The van der Waals surface area contributed by atoms with E-state index in [0.29, 0.717) is 0 Å². The first-order chi connectivity index (χ1) is 22.8. The van der Waals surface area contributed by atoms with Crippen molar-refractivity contribution in [1.82, 2.24) is 4.57 Å². The number of benzene rings is 7. The van der Waals surface area contributed by atoms with Crippen molar-refractivity contribution >= 4 is 102 Å². The number of nitrogens with zero attached hydrogens (tertiary/aromatic N) is 2. The molecule has 0 spiro atoms. The summed E-state index contributed by atoms with van der Waals surface area (Å²) in [5.74, 6) is 0. The fraction of sp³-hybridized carbons (Fsp3) is 0. The Morgan fingerprint density at radius 3 is 1.83 bits per heavy atom. The molecule has 4 heteroatoms. The molecule has 10 rings (SSSR count). The van der Waals surface area contributed by atoms with Crippen LogP contribution in [0.25, 0.3) is 67.8 Å². The van der Waals surface area contributed by atoms with E-state index in [9.17, 15) is 0 Å². The summed E-state index contributed by atoms with van der Waals surface area (Å²) in [4.78, 5) is 2.47. The van der Waals surface area contributed by atoms with Gasteiger partial charge in [-0.05, 0) is 66.7 Å². The maximum Gasteiger partial charge on any atom is 0.0561 e. The van der Waals surface area contributed by atoms with Crippen LogP contribution >= 0.6 is 22.7 Å². The van der Waals surface area contributed by atoms with Crippen LogP contribution in [0.3, 0.4) is 0 Å². The number of hydrogen-bond acceptors (Lipinski definition) is 3. The summed E-state index contributed by atoms with van der Waals surface area (Å²) in [6, 6.07) is 57.7. The van der Waals surface area contributed by atoms with Crippen molar-refractivity contribution in [3.8, 4) is 5.69 Å². The van der Waals surface area contributed by atoms with Crippen LogP contribution < -0.4 is 4.90 Å². The normalized spacial score (nSPS) is 11.9. The van der Waals surface area contributed by atoms with Gasteiger partial charge in [0.15, 0.2) is 0 Å². The molecule has 0 aliphatic rings. The molecule has 0 aliphatic heterocycles. The van der Waals surface area contributed by atoms with Gasteiger partial charge < -0.3 is 9.47 Å². The summed E-state index contributed by atoms with van der Waals surface area (Å²) in [6.45, 7) is 0. The van der Waals surface area contributed by atoms with Gasteiger partial charge in [0.2, 0.25) is 0 Å². The number of aromatic nitrogens is 1. The van der Waals surface area contributed by atoms with Crippen LogP contribution in [0, 0.1) is 0 Å². The number of anilines is 3. The molecule has 0 N–H and O–H groups in total. The molecule has 0 amide bonds. The molecule has 3 heterocycles. The molecule has 0 atom stereocenters. The Morgan fingerprint density at radius 2 is 0.978 bits per heavy atom. The highest BCUT2D eigenvalue weighted by Gasteiger charge is 2.21. The van der Waals surface area contributed by atoms with Crippen molar-refractivity contribution in [2.24, 2.45) is 0 Å². The Morgan fingerprint density at radius 1 is 0.391 bits per heavy atom. The number of rotatable bonds is 4. The monoisotopic (exact) mass is 622 g/mol. The molecule has 0 fully saturated rings. The maximum atomic E-state index is 2.47. The van der Waals surface area contributed by atoms with Crippen LogP contribution in [0.2, 0.25) is 0 Å². The Hall–Kier alpha value is -5.42. The fourth-order valence-electron chi connectivity index (χ4n) is 7.18. The third kappa shape index (κ3) is 3.81. The van der Waals surface area contributed by atoms with Crippen molar-refractivity contribution in [2.75, 3.05) is 4.90 Å². The molecule has 7 aromatic carbocycles. The first-order valence-corrected chi connectivity index (χ1v) is 17.2. The fourth-order valence-corrected chi connectivity index (χ4v) is 9.44. The lowest BCUT2D eigenvalue weighted by Gasteiger charge is -2.27. The second-order valence-electron chi connectivity index (χ2n) is 11.8. The van der Waals surface area contributed by atoms with Crippen LogP contribution in [-0.4, -0.2) is 4.57 Å². The van der Waals surface area contributed by atoms with Gasteiger partial charge in [0, 0.05) is 68.2 Å². The van der Waals surface area contributed by atoms with Gasteiger partial charge in [0.25, 0.3) is 0 Å². The van der Waals surface area contributed by atoms with Crippen LogP contribution in [0.4, 0.5) is 17.1 Å². The van der Waals surface area contributed by atoms with E-state index in [1.807, 2.05) is 22.7 Å². The first-order valence-electron chi connectivity index (χ1n) is 15.5. The maximum absolute atomic E-state index is 2.47. The van der Waals surface area contributed by atoms with E-state index >= 15 is 0 Å². The summed E-state index contributed by atoms with van der Waals surface area (Å²) in [6.07, 6.45) is 0. The summed E-state index contributed by atoms with van der Waals surface area (Å²) >= 11 is 3.73. The third-order valence-corrected chi connectivity index (χ3v) is 11.4. The van der Waals surface area contributed by atoms with E-state index in [1.165, 1.54) is 67.8 Å². The Labute approximate surface area is 273 Å². The number of para-hydroxylation sites is 2. The molecule has 0 bridgehead atoms. The zero-order valence-electron chi connectivity index (χ0n) is 24.7. The number of hydrogen-bond donors (Lipinski definition) is 0. The van der Waals surface area contributed by atoms with Gasteiger partial charge in [0.05, 0.1) is 16.7 Å². The van der Waals surface area contributed by atoms with Crippen LogP contribution in [0.5, 0.6) is 0 Å². The summed E-state index contributed by atoms with van der Waals surface area (Å²) in [5.41, 5.74) is 7.05. The summed E-state index contributed by atoms with van der Waals surface area (Å²) in [7, 11) is 0. The topological polar surface area (TPSA) is 8.17 Å². The largest absolute Gasteiger partial charge is 0.310 e. The molecule has 0 unspecified atom stereocenters. The molecule has 46 heavy (non-hydrogen) atoms. The average molecular weight is 623 g/mol. The summed E-state index contributed by atoms with van der Waals surface area (Å²) < 4.78 is 7.63. The van der Waals surface area contributed by atoms with E-state index in [-0.39, 0.29) is 0 Å². The minimum Gasteiger partial charge on any atom is -0.310 e. The molecule has 0 saturated heterocycles. The molecule has 2 nitrogen and oxygen atoms in total. The standard InChI is InChI=1S/C42H26N2S2/c1-2-11-27(12-3-1)44-35-16-7-4-13-30(35)31-23-21-28(25-37(31)44)43(29-22-24-33-32-14-5-8-18-38(32)46-41(33)26-29)36-17-10-20-40-42(36)34-15-6-9-19-39(34)45-40/h1-26H. The SMILES string of the molecule is c1ccc(-n2c3ccccc3c3ccc(N(c4ccc5c(c4)sc4ccccc45)c4cccc5sc6ccccc6c45)cc32)cc1. The van der Waals surface area contributed by atoms with Gasteiger partial charge in [-0.25, -0.2) is 0 Å². The van der Waals surface area contributed by atoms with E-state index in [1.54, 1.807) is 0 Å². The number of thiophene rings is 2. The van der Waals surface area contributed by atoms with Crippen LogP contribution in [0.1, 0.15) is 0 Å². The minimum atomic E-state index is 1.13. The van der Waals surface area contributed by atoms with Gasteiger partial charge in [0.1, 0.15) is 0 Å². The van der Waals surface area contributed by atoms with Gasteiger partial charge in [-0.2, -0.15) is 0 Å². The van der Waals surface area contributed by atoms with Crippen LogP contribution in [-0.2, 0) is 0 Å². The molecular weight excluding hydrogens is 597 g/mol. The Balaban J connectivity index is 1.29. The zero-order valence-corrected chi connectivity index (χ0v) is 26.4. The van der Waals surface area contributed by atoms with Gasteiger partial charge in [-0.3, -0.25) is 0 Å². The Bertz CT molecular complexity index is 2770. The molecule has 0 radical (unpaired) electrons. The molecule has 10 aromatic rings. The highest BCUT2D eigenvalue weighted by molar-refractivity contribution is 7.26. The average Bonchev–Trinajstić information content (AvgIpc) is 3.78. The van der Waals surface area contributed by atoms with Gasteiger partial charge >= 0.3 is 0 Å². The predicted octanol–water partition coefficient (Wildman–Crippen LogP) is 13.0. The van der Waals surface area contributed by atoms with Crippen LogP contribution in [0.15, 0.2) is 158 Å². The number of fused-ring (bicyclic) bond motifs is 9. The third-order valence-electron chi connectivity index (χ3n) is 9.17. The van der Waals surface area contributed by atoms with E-state index < -0.39 is 0 Å². The molecule has 0 saturated carbocycles. The lowest BCUT2D eigenvalue weighted by molar-refractivity contribution is 1.18. The summed E-state index contributed by atoms with van der Waals surface area (Å²) in [5, 5.41) is 7.73. The van der Waals surface area contributed by atoms with Crippen molar-refractivity contribution in [2.45, 2.75) is 0 Å². The van der Waals surface area contributed by atoms with Gasteiger partial charge in [-0.15, -0.1) is 22.7 Å². The molecular formula is C42H26N2S2. The second kappa shape index (κ2) is 10.0. The molecule has 216 valence electrons. The minimum absolute atomic E-state index is 1.13. The second-order valence-corrected chi connectivity index (χ2v) is 13.9. The van der Waals surface area contributed by atoms with E-state index in [0.717, 1.165) is 17.1 Å². The smallest absolute Gasteiger partial charge is 0.0561 e. The highest BCUT2D eigenvalue weighted by Crippen LogP contribution is 2.47. The van der Waals surface area contributed by atoms with Crippen molar-refractivity contribution in [3.63, 3.8) is 0 Å². The molecule has 0 aliphatic carbocycles. The predicted molar refractivity (Wildman–Crippen MR) is 201 cm³/mol. The zero-order chi connectivity index (χ0) is 30.2. The van der Waals surface area contributed by atoms with Crippen molar-refractivity contribution in [3.05, 3.63) is 158 Å². The highest BCUT2D eigenvalue weighted by atomic mass is 32.1. The van der Waals surface area contributed by atoms with Crippen molar-refractivity contribution in [1.29, 1.82) is 0 Å². The Kier molecular flexibility index (Phi) is 5.65. The lowest BCUT2D eigenvalue weighted by atomic mass is 10.1. The van der Waals surface area contributed by atoms with Gasteiger partial charge in [-0.1, -0.05) is 91.0 Å². The van der Waals surface area contributed by atoms with E-state index in [4.69, 9.17) is 0 Å². The lowest BCUT2D eigenvalue weighted by Crippen LogP contribution is -2.10. The first kappa shape index (κ1) is 25.9. The van der Waals surface area contributed by atoms with E-state index in [2.05, 4.69) is 167 Å². The quantitative estimate of drug-likeness (QED) is 0.190. The van der Waals surface area contributed by atoms with Crippen molar-refractivity contribution < 1.29 is 0 Å². The molecule has 3 aromatic heterocycles.